The highest BCUT2D eigenvalue weighted by molar-refractivity contribution is 7.18. The fourth-order valence-electron chi connectivity index (χ4n) is 1.56. The fourth-order valence-corrected chi connectivity index (χ4v) is 2.42. The molecule has 1 aromatic carbocycles. The van der Waals surface area contributed by atoms with Gasteiger partial charge >= 0.3 is 0 Å². The number of anilines is 1. The van der Waals surface area contributed by atoms with Crippen LogP contribution in [0.3, 0.4) is 0 Å². The summed E-state index contributed by atoms with van der Waals surface area (Å²) in [5.41, 5.74) is 1.77. The molecule has 0 atom stereocenters. The van der Waals surface area contributed by atoms with Gasteiger partial charge in [-0.2, -0.15) is 0 Å². The Balaban J connectivity index is 2.14. The summed E-state index contributed by atoms with van der Waals surface area (Å²) in [4.78, 5) is 16.0. The number of thiazole rings is 1. The fraction of sp³-hybridized carbons (Fsp3) is 0.143. The number of hydrogen-bond acceptors (Lipinski definition) is 3. The number of allylic oxidation sites excluding steroid dienone is 3. The number of amides is 1. The summed E-state index contributed by atoms with van der Waals surface area (Å²) in [6.45, 7) is 3.88. The second-order valence-corrected chi connectivity index (χ2v) is 5.02. The van der Waals surface area contributed by atoms with Crippen LogP contribution in [0.15, 0.2) is 42.5 Å². The standard InChI is InChI=1S/C14H14N2OS/c1-3-4-5-6-14(17)16-11-7-8-12-13(9-11)18-10(2)15-12/h3-9H,1-2H3,(H,16,17)/b4-3+,6-5-. The number of carbonyl (C=O) groups is 1. The maximum absolute atomic E-state index is 11.6. The summed E-state index contributed by atoms with van der Waals surface area (Å²) in [5.74, 6) is -0.131. The lowest BCUT2D eigenvalue weighted by Gasteiger charge is -2.01. The van der Waals surface area contributed by atoms with Crippen LogP contribution in [0.4, 0.5) is 5.69 Å². The molecule has 2 aromatic rings. The molecule has 0 unspecified atom stereocenters. The van der Waals surface area contributed by atoms with Gasteiger partial charge in [-0.15, -0.1) is 11.3 Å². The Labute approximate surface area is 110 Å². The number of aromatic nitrogens is 1. The zero-order chi connectivity index (χ0) is 13.0. The van der Waals surface area contributed by atoms with Gasteiger partial charge in [0.1, 0.15) is 0 Å². The molecule has 0 aliphatic heterocycles. The van der Waals surface area contributed by atoms with E-state index in [2.05, 4.69) is 10.3 Å². The number of nitrogens with one attached hydrogen (secondary N) is 1. The van der Waals surface area contributed by atoms with Crippen molar-refractivity contribution >= 4 is 33.1 Å². The Bertz CT molecular complexity index is 626. The van der Waals surface area contributed by atoms with Gasteiger partial charge in [0.2, 0.25) is 5.91 Å². The first-order valence-electron chi connectivity index (χ1n) is 5.66. The summed E-state index contributed by atoms with van der Waals surface area (Å²) in [6, 6.07) is 5.73. The molecule has 3 nitrogen and oxygen atoms in total. The molecule has 0 saturated heterocycles. The average molecular weight is 258 g/mol. The van der Waals surface area contributed by atoms with Crippen molar-refractivity contribution in [1.82, 2.24) is 4.98 Å². The lowest BCUT2D eigenvalue weighted by atomic mass is 10.3. The van der Waals surface area contributed by atoms with Crippen LogP contribution in [-0.2, 0) is 4.79 Å². The monoisotopic (exact) mass is 258 g/mol. The zero-order valence-corrected chi connectivity index (χ0v) is 11.1. The van der Waals surface area contributed by atoms with Crippen molar-refractivity contribution in [2.45, 2.75) is 13.8 Å². The molecular formula is C14H14N2OS. The smallest absolute Gasteiger partial charge is 0.248 e. The largest absolute Gasteiger partial charge is 0.322 e. The van der Waals surface area contributed by atoms with Crippen LogP contribution in [0.2, 0.25) is 0 Å². The van der Waals surface area contributed by atoms with E-state index in [0.717, 1.165) is 20.9 Å². The van der Waals surface area contributed by atoms with E-state index in [1.54, 1.807) is 17.4 Å². The molecule has 92 valence electrons. The first kappa shape index (κ1) is 12.5. The molecule has 0 saturated carbocycles. The highest BCUT2D eigenvalue weighted by Crippen LogP contribution is 2.24. The second-order valence-electron chi connectivity index (χ2n) is 3.79. The zero-order valence-electron chi connectivity index (χ0n) is 10.3. The molecule has 2 rings (SSSR count). The van der Waals surface area contributed by atoms with Crippen molar-refractivity contribution in [2.75, 3.05) is 5.32 Å². The van der Waals surface area contributed by atoms with Crippen LogP contribution in [0.25, 0.3) is 10.2 Å². The maximum atomic E-state index is 11.6. The number of carbonyl (C=O) groups excluding carboxylic acids is 1. The van der Waals surface area contributed by atoms with Gasteiger partial charge < -0.3 is 5.32 Å². The van der Waals surface area contributed by atoms with Crippen LogP contribution in [0.1, 0.15) is 11.9 Å². The quantitative estimate of drug-likeness (QED) is 0.674. The van der Waals surface area contributed by atoms with E-state index in [0.29, 0.717) is 0 Å². The molecule has 0 bridgehead atoms. The third-order valence-electron chi connectivity index (χ3n) is 2.31. The van der Waals surface area contributed by atoms with Crippen molar-refractivity contribution in [3.05, 3.63) is 47.5 Å². The number of rotatable bonds is 3. The van der Waals surface area contributed by atoms with E-state index in [9.17, 15) is 4.79 Å². The molecule has 1 N–H and O–H groups in total. The Hall–Kier alpha value is -1.94. The first-order chi connectivity index (χ1) is 8.69. The van der Waals surface area contributed by atoms with Crippen LogP contribution in [-0.4, -0.2) is 10.9 Å². The van der Waals surface area contributed by atoms with Gasteiger partial charge in [-0.25, -0.2) is 4.98 Å². The first-order valence-corrected chi connectivity index (χ1v) is 6.48. The molecule has 4 heteroatoms. The molecule has 1 amide bonds. The highest BCUT2D eigenvalue weighted by atomic mass is 32.1. The number of aryl methyl sites for hydroxylation is 1. The molecule has 0 aliphatic carbocycles. The van der Waals surface area contributed by atoms with E-state index in [1.165, 1.54) is 6.08 Å². The summed E-state index contributed by atoms with van der Waals surface area (Å²) in [6.07, 6.45) is 6.90. The molecule has 1 heterocycles. The second kappa shape index (κ2) is 5.60. The van der Waals surface area contributed by atoms with Crippen LogP contribution in [0.5, 0.6) is 0 Å². The molecule has 0 radical (unpaired) electrons. The summed E-state index contributed by atoms with van der Waals surface area (Å²) in [7, 11) is 0. The molecule has 0 aliphatic rings. The van der Waals surface area contributed by atoms with Crippen molar-refractivity contribution in [3.8, 4) is 0 Å². The lowest BCUT2D eigenvalue weighted by molar-refractivity contribution is -0.111. The van der Waals surface area contributed by atoms with E-state index in [-0.39, 0.29) is 5.91 Å². The predicted molar refractivity (Wildman–Crippen MR) is 76.9 cm³/mol. The van der Waals surface area contributed by atoms with E-state index in [1.807, 2.05) is 44.2 Å². The third-order valence-corrected chi connectivity index (χ3v) is 3.25. The lowest BCUT2D eigenvalue weighted by Crippen LogP contribution is -2.07. The van der Waals surface area contributed by atoms with Gasteiger partial charge in [0.05, 0.1) is 15.2 Å². The SMILES string of the molecule is C/C=C/C=C\C(=O)Nc1ccc2nc(C)sc2c1. The molecule has 18 heavy (non-hydrogen) atoms. The number of fused-ring (bicyclic) bond motifs is 1. The topological polar surface area (TPSA) is 42.0 Å². The van der Waals surface area contributed by atoms with Crippen molar-refractivity contribution in [2.24, 2.45) is 0 Å². The molecule has 1 aromatic heterocycles. The van der Waals surface area contributed by atoms with Crippen LogP contribution in [0, 0.1) is 6.92 Å². The predicted octanol–water partition coefficient (Wildman–Crippen LogP) is 3.68. The van der Waals surface area contributed by atoms with Gasteiger partial charge in [-0.1, -0.05) is 18.2 Å². The Kier molecular flexibility index (Phi) is 3.89. The van der Waals surface area contributed by atoms with Crippen molar-refractivity contribution < 1.29 is 4.79 Å². The number of hydrogen-bond donors (Lipinski definition) is 1. The van der Waals surface area contributed by atoms with Gasteiger partial charge in [0.15, 0.2) is 0 Å². The Morgan fingerprint density at radius 2 is 2.22 bits per heavy atom. The molecular weight excluding hydrogens is 244 g/mol. The summed E-state index contributed by atoms with van der Waals surface area (Å²) >= 11 is 1.62. The molecule has 0 fully saturated rings. The van der Waals surface area contributed by atoms with E-state index < -0.39 is 0 Å². The van der Waals surface area contributed by atoms with E-state index in [4.69, 9.17) is 0 Å². The Morgan fingerprint density at radius 3 is 3.00 bits per heavy atom. The molecule has 0 spiro atoms. The van der Waals surface area contributed by atoms with Crippen molar-refractivity contribution in [1.29, 1.82) is 0 Å². The van der Waals surface area contributed by atoms with E-state index >= 15 is 0 Å². The maximum Gasteiger partial charge on any atom is 0.248 e. The van der Waals surface area contributed by atoms with Gasteiger partial charge in [0.25, 0.3) is 0 Å². The normalized spacial score (nSPS) is 11.7. The number of nitrogens with zero attached hydrogens (tertiary/aromatic N) is 1. The summed E-state index contributed by atoms with van der Waals surface area (Å²) < 4.78 is 1.09. The minimum absolute atomic E-state index is 0.131. The Morgan fingerprint density at radius 1 is 1.39 bits per heavy atom. The van der Waals surface area contributed by atoms with Gasteiger partial charge in [0, 0.05) is 11.8 Å². The minimum atomic E-state index is -0.131. The van der Waals surface area contributed by atoms with Gasteiger partial charge in [-0.05, 0) is 32.0 Å². The highest BCUT2D eigenvalue weighted by Gasteiger charge is 2.03. The van der Waals surface area contributed by atoms with Crippen molar-refractivity contribution in [3.63, 3.8) is 0 Å². The minimum Gasteiger partial charge on any atom is -0.322 e. The third kappa shape index (κ3) is 3.05. The number of benzene rings is 1. The average Bonchev–Trinajstić information content (AvgIpc) is 2.69. The van der Waals surface area contributed by atoms with Gasteiger partial charge in [-0.3, -0.25) is 4.79 Å². The summed E-state index contributed by atoms with van der Waals surface area (Å²) in [5, 5.41) is 3.85. The van der Waals surface area contributed by atoms with Crippen LogP contribution < -0.4 is 5.32 Å². The van der Waals surface area contributed by atoms with Crippen LogP contribution >= 0.6 is 11.3 Å².